The summed E-state index contributed by atoms with van der Waals surface area (Å²) in [5, 5.41) is 13.6. The number of carbonyl (C=O) groups excluding carboxylic acids is 1. The Morgan fingerprint density at radius 3 is 2.58 bits per heavy atom. The smallest absolute Gasteiger partial charge is 0.258 e. The Bertz CT molecular complexity index is 1150. The van der Waals surface area contributed by atoms with Crippen molar-refractivity contribution in [1.82, 2.24) is 9.47 Å². The number of aromatic nitrogens is 1. The average Bonchev–Trinajstić information content (AvgIpc) is 3.37. The molecule has 3 aliphatic rings. The number of hydrogen-bond donors (Lipinski definition) is 1. The lowest BCUT2D eigenvalue weighted by Gasteiger charge is -2.53. The molecule has 6 heteroatoms. The minimum absolute atomic E-state index is 0.0378. The van der Waals surface area contributed by atoms with Gasteiger partial charge in [-0.2, -0.15) is 0 Å². The molecule has 1 saturated heterocycles. The van der Waals surface area contributed by atoms with Gasteiger partial charge in [-0.15, -0.1) is 0 Å². The summed E-state index contributed by atoms with van der Waals surface area (Å²) in [6, 6.07) is 7.46. The monoisotopic (exact) mass is 494 g/mol. The largest absolute Gasteiger partial charge is 0.497 e. The number of hydrogen-bond acceptors (Lipinski definition) is 4. The minimum atomic E-state index is -1.01. The molecule has 2 heterocycles. The fourth-order valence-electron chi connectivity index (χ4n) is 7.41. The van der Waals surface area contributed by atoms with Crippen molar-refractivity contribution in [2.75, 3.05) is 20.2 Å². The molecule has 1 aliphatic heterocycles. The molecule has 196 valence electrons. The Hall–Kier alpha value is -2.34. The van der Waals surface area contributed by atoms with Crippen molar-refractivity contribution in [2.45, 2.75) is 89.7 Å². The van der Waals surface area contributed by atoms with E-state index < -0.39 is 5.60 Å². The second kappa shape index (κ2) is 10.2. The molecule has 3 fully saturated rings. The van der Waals surface area contributed by atoms with Crippen molar-refractivity contribution >= 4 is 16.7 Å². The molecule has 1 aromatic carbocycles. The Kier molecular flexibility index (Phi) is 7.17. The molecule has 1 aromatic heterocycles. The maximum absolute atomic E-state index is 13.5. The summed E-state index contributed by atoms with van der Waals surface area (Å²) in [5.74, 6) is 1.62. The lowest BCUT2D eigenvalue weighted by Crippen LogP contribution is -2.62. The summed E-state index contributed by atoms with van der Waals surface area (Å²) in [5.41, 5.74) is -1.47. The van der Waals surface area contributed by atoms with Gasteiger partial charge in [0.1, 0.15) is 5.75 Å². The van der Waals surface area contributed by atoms with Gasteiger partial charge in [0.2, 0.25) is 5.91 Å². The van der Waals surface area contributed by atoms with Crippen molar-refractivity contribution in [3.8, 4) is 5.75 Å². The first kappa shape index (κ1) is 25.3. The lowest BCUT2D eigenvalue weighted by atomic mass is 9.65. The van der Waals surface area contributed by atoms with Crippen LogP contribution in [0, 0.1) is 17.3 Å². The topological polar surface area (TPSA) is 71.8 Å². The second-order valence-electron chi connectivity index (χ2n) is 11.9. The minimum Gasteiger partial charge on any atom is -0.497 e. The SMILES string of the molecule is COc1ccc2ccn(CC3(O)CCN(C(=O)[C@H](C)CC4CCCCC4)CC34CCCC4)c(=O)c2c1. The third kappa shape index (κ3) is 4.69. The van der Waals surface area contributed by atoms with Gasteiger partial charge in [-0.05, 0) is 55.2 Å². The zero-order valence-electron chi connectivity index (χ0n) is 22.0. The molecule has 1 spiro atoms. The van der Waals surface area contributed by atoms with Gasteiger partial charge < -0.3 is 19.3 Å². The Morgan fingerprint density at radius 2 is 1.86 bits per heavy atom. The summed E-state index contributed by atoms with van der Waals surface area (Å²) < 4.78 is 7.00. The van der Waals surface area contributed by atoms with Gasteiger partial charge in [0.05, 0.1) is 24.6 Å². The molecule has 1 unspecified atom stereocenters. The predicted octanol–water partition coefficient (Wildman–Crippen LogP) is 5.14. The van der Waals surface area contributed by atoms with E-state index >= 15 is 0 Å². The average molecular weight is 495 g/mol. The molecule has 5 rings (SSSR count). The molecular formula is C30H42N2O4. The number of ether oxygens (including phenoxy) is 1. The van der Waals surface area contributed by atoms with E-state index in [-0.39, 0.29) is 29.3 Å². The van der Waals surface area contributed by atoms with Gasteiger partial charge in [-0.25, -0.2) is 0 Å². The van der Waals surface area contributed by atoms with E-state index in [1.54, 1.807) is 17.7 Å². The van der Waals surface area contributed by atoms with Gasteiger partial charge >= 0.3 is 0 Å². The Morgan fingerprint density at radius 1 is 1.11 bits per heavy atom. The normalized spacial score (nSPS) is 25.4. The summed E-state index contributed by atoms with van der Waals surface area (Å²) in [4.78, 5) is 29.0. The van der Waals surface area contributed by atoms with Gasteiger partial charge in [0.25, 0.3) is 5.56 Å². The first-order valence-electron chi connectivity index (χ1n) is 14.0. The van der Waals surface area contributed by atoms with E-state index in [1.165, 1.54) is 32.1 Å². The molecule has 0 radical (unpaired) electrons. The highest BCUT2D eigenvalue weighted by Gasteiger charge is 2.55. The zero-order chi connectivity index (χ0) is 25.3. The van der Waals surface area contributed by atoms with E-state index in [1.807, 2.05) is 29.3 Å². The Labute approximate surface area is 214 Å². The first-order valence-corrected chi connectivity index (χ1v) is 14.0. The van der Waals surface area contributed by atoms with Gasteiger partial charge in [0, 0.05) is 30.6 Å². The maximum atomic E-state index is 13.5. The number of fused-ring (bicyclic) bond motifs is 1. The van der Waals surface area contributed by atoms with E-state index in [2.05, 4.69) is 6.92 Å². The molecule has 1 N–H and O–H groups in total. The fraction of sp³-hybridized carbons (Fsp3) is 0.667. The van der Waals surface area contributed by atoms with E-state index in [4.69, 9.17) is 4.74 Å². The zero-order valence-corrected chi connectivity index (χ0v) is 22.0. The van der Waals surface area contributed by atoms with Crippen LogP contribution in [-0.2, 0) is 11.3 Å². The van der Waals surface area contributed by atoms with Crippen molar-refractivity contribution in [3.05, 3.63) is 40.8 Å². The molecule has 2 aromatic rings. The van der Waals surface area contributed by atoms with Crippen LogP contribution < -0.4 is 10.3 Å². The maximum Gasteiger partial charge on any atom is 0.258 e. The number of methoxy groups -OCH3 is 1. The van der Waals surface area contributed by atoms with Crippen molar-refractivity contribution in [2.24, 2.45) is 17.3 Å². The first-order chi connectivity index (χ1) is 17.3. The van der Waals surface area contributed by atoms with Crippen LogP contribution >= 0.6 is 0 Å². The van der Waals surface area contributed by atoms with Crippen LogP contribution in [0.25, 0.3) is 10.8 Å². The van der Waals surface area contributed by atoms with Crippen LogP contribution in [0.1, 0.15) is 77.6 Å². The number of rotatable bonds is 6. The van der Waals surface area contributed by atoms with E-state index in [0.29, 0.717) is 36.6 Å². The summed E-state index contributed by atoms with van der Waals surface area (Å²) in [6.45, 7) is 3.52. The van der Waals surface area contributed by atoms with Crippen molar-refractivity contribution in [1.29, 1.82) is 0 Å². The molecule has 36 heavy (non-hydrogen) atoms. The third-order valence-electron chi connectivity index (χ3n) is 9.60. The van der Waals surface area contributed by atoms with Crippen LogP contribution in [0.4, 0.5) is 0 Å². The van der Waals surface area contributed by atoms with Crippen molar-refractivity contribution in [3.63, 3.8) is 0 Å². The van der Waals surface area contributed by atoms with Crippen LogP contribution in [0.15, 0.2) is 35.3 Å². The Balaban J connectivity index is 1.35. The molecule has 0 bridgehead atoms. The molecule has 2 aliphatic carbocycles. The number of piperidine rings is 1. The van der Waals surface area contributed by atoms with Gasteiger partial charge in [0.15, 0.2) is 0 Å². The van der Waals surface area contributed by atoms with Crippen LogP contribution in [0.3, 0.4) is 0 Å². The predicted molar refractivity (Wildman–Crippen MR) is 142 cm³/mol. The highest BCUT2D eigenvalue weighted by molar-refractivity contribution is 5.82. The molecule has 2 saturated carbocycles. The summed E-state index contributed by atoms with van der Waals surface area (Å²) >= 11 is 0. The van der Waals surface area contributed by atoms with E-state index in [9.17, 15) is 14.7 Å². The second-order valence-corrected chi connectivity index (χ2v) is 11.9. The fourth-order valence-corrected chi connectivity index (χ4v) is 7.41. The van der Waals surface area contributed by atoms with Crippen LogP contribution in [0.2, 0.25) is 0 Å². The standard InChI is InChI=1S/C30H42N2O4/c1-22(18-23-8-4-3-5-9-23)27(33)32-17-15-30(35,29(20-32)13-6-7-14-29)21-31-16-12-24-10-11-25(36-2)19-26(24)28(31)34/h10-12,16,19,22-23,35H,3-9,13-15,17-18,20-21H2,1-2H3/t22-,30?/m1/s1. The number of likely N-dealkylation sites (tertiary alicyclic amines) is 1. The van der Waals surface area contributed by atoms with Crippen LogP contribution in [0.5, 0.6) is 5.75 Å². The van der Waals surface area contributed by atoms with Gasteiger partial charge in [-0.1, -0.05) is 57.9 Å². The molecular weight excluding hydrogens is 452 g/mol. The molecule has 2 atom stereocenters. The highest BCUT2D eigenvalue weighted by atomic mass is 16.5. The molecule has 1 amide bonds. The number of aliphatic hydroxyl groups is 1. The highest BCUT2D eigenvalue weighted by Crippen LogP contribution is 2.52. The number of nitrogens with zero attached hydrogens (tertiary/aromatic N) is 2. The quantitative estimate of drug-likeness (QED) is 0.604. The lowest BCUT2D eigenvalue weighted by molar-refractivity contribution is -0.163. The summed E-state index contributed by atoms with van der Waals surface area (Å²) in [6.07, 6.45) is 13.7. The van der Waals surface area contributed by atoms with Gasteiger partial charge in [-0.3, -0.25) is 9.59 Å². The number of pyridine rings is 1. The number of amides is 1. The van der Waals surface area contributed by atoms with Crippen molar-refractivity contribution < 1.29 is 14.6 Å². The third-order valence-corrected chi connectivity index (χ3v) is 9.60. The van der Waals surface area contributed by atoms with E-state index in [0.717, 1.165) is 37.5 Å². The summed E-state index contributed by atoms with van der Waals surface area (Å²) in [7, 11) is 1.60. The van der Waals surface area contributed by atoms with Crippen LogP contribution in [-0.4, -0.2) is 46.3 Å². The number of benzene rings is 1. The number of carbonyl (C=O) groups is 1. The molecule has 6 nitrogen and oxygen atoms in total.